The third-order valence-electron chi connectivity index (χ3n) is 2.20. The Labute approximate surface area is 85.9 Å². The zero-order valence-electron chi connectivity index (χ0n) is 9.74. The van der Waals surface area contributed by atoms with Gasteiger partial charge < -0.3 is 4.42 Å². The summed E-state index contributed by atoms with van der Waals surface area (Å²) in [4.78, 5) is 0. The summed E-state index contributed by atoms with van der Waals surface area (Å²) in [6.45, 7) is 10.7. The molecule has 1 atom stereocenters. The van der Waals surface area contributed by atoms with Crippen molar-refractivity contribution in [1.29, 1.82) is 0 Å². The fraction of sp³-hybridized carbons (Fsp3) is 0.818. The van der Waals surface area contributed by atoms with Gasteiger partial charge in [0.05, 0.1) is 0 Å². The van der Waals surface area contributed by atoms with Gasteiger partial charge in [-0.1, -0.05) is 34.6 Å². The van der Waals surface area contributed by atoms with Crippen LogP contribution in [0.2, 0.25) is 0 Å². The highest BCUT2D eigenvalue weighted by molar-refractivity contribution is 4.92. The van der Waals surface area contributed by atoms with Crippen LogP contribution in [0.25, 0.3) is 0 Å². The van der Waals surface area contributed by atoms with Crippen LogP contribution in [-0.2, 0) is 0 Å². The lowest BCUT2D eigenvalue weighted by molar-refractivity contribution is 0.383. The van der Waals surface area contributed by atoms with Gasteiger partial charge >= 0.3 is 0 Å². The molecule has 0 amide bonds. The van der Waals surface area contributed by atoms with Gasteiger partial charge in [-0.05, 0) is 12.3 Å². The molecule has 3 nitrogen and oxygen atoms in total. The molecule has 80 valence electrons. The summed E-state index contributed by atoms with van der Waals surface area (Å²) < 4.78 is 5.59. The van der Waals surface area contributed by atoms with Gasteiger partial charge in [-0.2, -0.15) is 0 Å². The van der Waals surface area contributed by atoms with Gasteiger partial charge in [-0.15, -0.1) is 10.2 Å². The molecule has 0 radical (unpaired) electrons. The molecule has 3 heteroatoms. The molecule has 1 heterocycles. The van der Waals surface area contributed by atoms with E-state index in [1.165, 1.54) is 0 Å². The highest BCUT2D eigenvalue weighted by Gasteiger charge is 2.16. The lowest BCUT2D eigenvalue weighted by atomic mass is 9.99. The molecule has 1 rings (SSSR count). The predicted molar refractivity (Wildman–Crippen MR) is 56.3 cm³/mol. The first-order valence-corrected chi connectivity index (χ1v) is 5.34. The van der Waals surface area contributed by atoms with E-state index in [9.17, 15) is 0 Å². The van der Waals surface area contributed by atoms with Crippen molar-refractivity contribution in [2.24, 2.45) is 5.92 Å². The predicted octanol–water partition coefficient (Wildman–Crippen LogP) is 3.34. The minimum absolute atomic E-state index is 0.322. The fourth-order valence-electron chi connectivity index (χ4n) is 1.49. The second-order valence-corrected chi connectivity index (χ2v) is 4.66. The average Bonchev–Trinajstić information content (AvgIpc) is 2.50. The Hall–Kier alpha value is -0.860. The van der Waals surface area contributed by atoms with Crippen molar-refractivity contribution in [2.45, 2.75) is 52.9 Å². The van der Waals surface area contributed by atoms with E-state index >= 15 is 0 Å². The molecule has 0 saturated heterocycles. The first kappa shape index (κ1) is 11.2. The molecular weight excluding hydrogens is 176 g/mol. The van der Waals surface area contributed by atoms with Crippen LogP contribution in [0, 0.1) is 5.92 Å². The molecule has 0 aromatic carbocycles. The number of hydrogen-bond donors (Lipinski definition) is 0. The molecule has 0 aliphatic rings. The summed E-state index contributed by atoms with van der Waals surface area (Å²) in [6, 6.07) is 0. The minimum atomic E-state index is 0.322. The van der Waals surface area contributed by atoms with E-state index in [0.717, 1.165) is 18.2 Å². The Morgan fingerprint density at radius 2 is 1.57 bits per heavy atom. The largest absolute Gasteiger partial charge is 0.425 e. The zero-order valence-corrected chi connectivity index (χ0v) is 9.74. The second-order valence-electron chi connectivity index (χ2n) is 4.66. The van der Waals surface area contributed by atoms with Gasteiger partial charge in [-0.3, -0.25) is 0 Å². The Morgan fingerprint density at radius 1 is 1.00 bits per heavy atom. The molecule has 1 aromatic rings. The normalized spacial score (nSPS) is 13.9. The van der Waals surface area contributed by atoms with Crippen molar-refractivity contribution in [3.63, 3.8) is 0 Å². The molecule has 0 spiro atoms. The number of rotatable bonds is 4. The van der Waals surface area contributed by atoms with Crippen molar-refractivity contribution >= 4 is 0 Å². The smallest absolute Gasteiger partial charge is 0.219 e. The van der Waals surface area contributed by atoms with E-state index in [-0.39, 0.29) is 0 Å². The maximum atomic E-state index is 5.59. The summed E-state index contributed by atoms with van der Waals surface area (Å²) in [5.41, 5.74) is 0. The maximum Gasteiger partial charge on any atom is 0.219 e. The molecular formula is C11H20N2O. The van der Waals surface area contributed by atoms with Crippen LogP contribution in [0.3, 0.4) is 0 Å². The zero-order chi connectivity index (χ0) is 10.7. The third kappa shape index (κ3) is 2.82. The van der Waals surface area contributed by atoms with E-state index in [0.29, 0.717) is 17.8 Å². The van der Waals surface area contributed by atoms with Crippen LogP contribution < -0.4 is 0 Å². The van der Waals surface area contributed by atoms with Crippen molar-refractivity contribution in [1.82, 2.24) is 10.2 Å². The van der Waals surface area contributed by atoms with Gasteiger partial charge in [0, 0.05) is 11.8 Å². The van der Waals surface area contributed by atoms with E-state index in [1.807, 2.05) is 0 Å². The second kappa shape index (κ2) is 4.58. The SMILES string of the molecule is CC(C)CC(C)c1nnc(C(C)C)o1. The molecule has 0 N–H and O–H groups in total. The van der Waals surface area contributed by atoms with Gasteiger partial charge in [0.25, 0.3) is 0 Å². The average molecular weight is 196 g/mol. The minimum Gasteiger partial charge on any atom is -0.425 e. The van der Waals surface area contributed by atoms with Gasteiger partial charge in [0.15, 0.2) is 0 Å². The van der Waals surface area contributed by atoms with E-state index < -0.39 is 0 Å². The summed E-state index contributed by atoms with van der Waals surface area (Å²) in [7, 11) is 0. The Bertz CT molecular complexity index is 279. The first-order valence-electron chi connectivity index (χ1n) is 5.34. The van der Waals surface area contributed by atoms with Crippen molar-refractivity contribution in [3.8, 4) is 0 Å². The van der Waals surface area contributed by atoms with Crippen LogP contribution >= 0.6 is 0 Å². The highest BCUT2D eigenvalue weighted by atomic mass is 16.4. The molecule has 1 unspecified atom stereocenters. The summed E-state index contributed by atoms with van der Waals surface area (Å²) >= 11 is 0. The molecule has 0 fully saturated rings. The maximum absolute atomic E-state index is 5.59. The summed E-state index contributed by atoms with van der Waals surface area (Å²) in [6.07, 6.45) is 1.10. The summed E-state index contributed by atoms with van der Waals surface area (Å²) in [5, 5.41) is 8.10. The number of hydrogen-bond acceptors (Lipinski definition) is 3. The first-order chi connectivity index (χ1) is 6.50. The molecule has 0 bridgehead atoms. The Balaban J connectivity index is 2.66. The van der Waals surface area contributed by atoms with Gasteiger partial charge in [0.1, 0.15) is 0 Å². The fourth-order valence-corrected chi connectivity index (χ4v) is 1.49. The standard InChI is InChI=1S/C11H20N2O/c1-7(2)6-9(5)11-13-12-10(14-11)8(3)4/h7-9H,6H2,1-5H3. The lowest BCUT2D eigenvalue weighted by Crippen LogP contribution is -1.98. The van der Waals surface area contributed by atoms with Crippen LogP contribution in [-0.4, -0.2) is 10.2 Å². The molecule has 0 saturated carbocycles. The molecule has 0 aliphatic carbocycles. The van der Waals surface area contributed by atoms with E-state index in [4.69, 9.17) is 4.42 Å². The van der Waals surface area contributed by atoms with Crippen molar-refractivity contribution in [3.05, 3.63) is 11.8 Å². The van der Waals surface area contributed by atoms with Crippen LogP contribution in [0.1, 0.15) is 64.7 Å². The molecule has 0 aliphatic heterocycles. The Kier molecular flexibility index (Phi) is 3.67. The van der Waals surface area contributed by atoms with E-state index in [2.05, 4.69) is 44.8 Å². The van der Waals surface area contributed by atoms with Gasteiger partial charge in [-0.25, -0.2) is 0 Å². The molecule has 1 aromatic heterocycles. The van der Waals surface area contributed by atoms with Crippen molar-refractivity contribution < 1.29 is 4.42 Å². The Morgan fingerprint density at radius 3 is 2.00 bits per heavy atom. The van der Waals surface area contributed by atoms with Gasteiger partial charge in [0.2, 0.25) is 11.8 Å². The van der Waals surface area contributed by atoms with E-state index in [1.54, 1.807) is 0 Å². The third-order valence-corrected chi connectivity index (χ3v) is 2.20. The van der Waals surface area contributed by atoms with Crippen LogP contribution in [0.4, 0.5) is 0 Å². The highest BCUT2D eigenvalue weighted by Crippen LogP contribution is 2.23. The molecule has 14 heavy (non-hydrogen) atoms. The quantitative estimate of drug-likeness (QED) is 0.741. The lowest BCUT2D eigenvalue weighted by Gasteiger charge is -2.08. The number of nitrogens with zero attached hydrogens (tertiary/aromatic N) is 2. The monoisotopic (exact) mass is 196 g/mol. The van der Waals surface area contributed by atoms with Crippen LogP contribution in [0.15, 0.2) is 4.42 Å². The number of aromatic nitrogens is 2. The van der Waals surface area contributed by atoms with Crippen molar-refractivity contribution in [2.75, 3.05) is 0 Å². The summed E-state index contributed by atoms with van der Waals surface area (Å²) in [5.74, 6) is 2.88. The van der Waals surface area contributed by atoms with Crippen LogP contribution in [0.5, 0.6) is 0 Å². The topological polar surface area (TPSA) is 38.9 Å².